The van der Waals surface area contributed by atoms with Gasteiger partial charge in [-0.25, -0.2) is 0 Å². The highest BCUT2D eigenvalue weighted by molar-refractivity contribution is 5.76. The number of carbonyl (C=O) groups is 1. The number of nitrogens with two attached hydrogens (primary N) is 1. The summed E-state index contributed by atoms with van der Waals surface area (Å²) in [7, 11) is 0. The molecule has 0 radical (unpaired) electrons. The van der Waals surface area contributed by atoms with Crippen molar-refractivity contribution >= 4 is 5.91 Å². The van der Waals surface area contributed by atoms with Crippen molar-refractivity contribution in [2.45, 2.75) is 58.3 Å². The number of amides is 1. The van der Waals surface area contributed by atoms with E-state index in [9.17, 15) is 4.79 Å². The molecule has 1 rings (SSSR count). The Hall–Kier alpha value is -0.570. The number of unbranched alkanes of at least 4 members (excludes halogenated alkanes) is 3. The molecular weight excluding hydrogens is 212 g/mol. The van der Waals surface area contributed by atoms with E-state index in [4.69, 9.17) is 5.73 Å². The molecule has 2 N–H and O–H groups in total. The molecule has 1 heterocycles. The molecule has 1 saturated heterocycles. The summed E-state index contributed by atoms with van der Waals surface area (Å²) in [6, 6.07) is 0. The van der Waals surface area contributed by atoms with E-state index in [0.717, 1.165) is 51.2 Å². The average Bonchev–Trinajstić information content (AvgIpc) is 2.78. The van der Waals surface area contributed by atoms with E-state index >= 15 is 0 Å². The molecule has 100 valence electrons. The first kappa shape index (κ1) is 14.5. The van der Waals surface area contributed by atoms with Crippen LogP contribution in [-0.2, 0) is 4.79 Å². The molecule has 0 spiro atoms. The summed E-state index contributed by atoms with van der Waals surface area (Å²) in [6.07, 6.45) is 8.92. The second-order valence-corrected chi connectivity index (χ2v) is 5.24. The lowest BCUT2D eigenvalue weighted by Crippen LogP contribution is -2.28. The lowest BCUT2D eigenvalue weighted by molar-refractivity contribution is -0.130. The zero-order valence-electron chi connectivity index (χ0n) is 11.3. The first-order valence-corrected chi connectivity index (χ1v) is 7.25. The normalized spacial score (nSPS) is 19.9. The molecule has 1 amide bonds. The molecule has 0 aliphatic carbocycles. The molecule has 0 saturated carbocycles. The number of rotatable bonds is 8. The Balaban J connectivity index is 2.08. The summed E-state index contributed by atoms with van der Waals surface area (Å²) in [5.41, 5.74) is 5.44. The minimum absolute atomic E-state index is 0.372. The standard InChI is InChI=1S/C14H28N2O/c1-2-7-13-9-11-16(12-13)14(17)8-5-3-4-6-10-15/h13H,2-12,15H2,1H3. The zero-order chi connectivity index (χ0) is 12.5. The quantitative estimate of drug-likeness (QED) is 0.663. The topological polar surface area (TPSA) is 46.3 Å². The Morgan fingerprint density at radius 2 is 2.06 bits per heavy atom. The Kier molecular flexibility index (Phi) is 7.25. The van der Waals surface area contributed by atoms with Crippen molar-refractivity contribution < 1.29 is 4.79 Å². The maximum atomic E-state index is 11.9. The summed E-state index contributed by atoms with van der Waals surface area (Å²) in [5, 5.41) is 0. The maximum absolute atomic E-state index is 11.9. The Bertz CT molecular complexity index is 218. The van der Waals surface area contributed by atoms with E-state index in [0.29, 0.717) is 5.91 Å². The van der Waals surface area contributed by atoms with Crippen LogP contribution >= 0.6 is 0 Å². The summed E-state index contributed by atoms with van der Waals surface area (Å²) in [4.78, 5) is 14.0. The molecule has 1 atom stereocenters. The van der Waals surface area contributed by atoms with Gasteiger partial charge in [-0.3, -0.25) is 4.79 Å². The summed E-state index contributed by atoms with van der Waals surface area (Å²) in [5.74, 6) is 1.14. The van der Waals surface area contributed by atoms with Gasteiger partial charge in [0.1, 0.15) is 0 Å². The van der Waals surface area contributed by atoms with Gasteiger partial charge in [0, 0.05) is 19.5 Å². The lowest BCUT2D eigenvalue weighted by atomic mass is 10.0. The molecule has 1 aliphatic rings. The van der Waals surface area contributed by atoms with E-state index in [1.807, 2.05) is 0 Å². The predicted molar refractivity (Wildman–Crippen MR) is 71.7 cm³/mol. The third-order valence-corrected chi connectivity index (χ3v) is 3.68. The van der Waals surface area contributed by atoms with Gasteiger partial charge in [-0.15, -0.1) is 0 Å². The highest BCUT2D eigenvalue weighted by Gasteiger charge is 2.24. The monoisotopic (exact) mass is 240 g/mol. The van der Waals surface area contributed by atoms with Gasteiger partial charge in [0.15, 0.2) is 0 Å². The molecule has 1 unspecified atom stereocenters. The third-order valence-electron chi connectivity index (χ3n) is 3.68. The molecule has 0 bridgehead atoms. The lowest BCUT2D eigenvalue weighted by Gasteiger charge is -2.16. The highest BCUT2D eigenvalue weighted by Crippen LogP contribution is 2.21. The van der Waals surface area contributed by atoms with E-state index in [1.54, 1.807) is 0 Å². The van der Waals surface area contributed by atoms with Crippen LogP contribution in [0.4, 0.5) is 0 Å². The Labute approximate surface area is 106 Å². The second-order valence-electron chi connectivity index (χ2n) is 5.24. The largest absolute Gasteiger partial charge is 0.342 e. The predicted octanol–water partition coefficient (Wildman–Crippen LogP) is 2.54. The minimum atomic E-state index is 0.372. The fourth-order valence-corrected chi connectivity index (χ4v) is 2.64. The Morgan fingerprint density at radius 3 is 2.76 bits per heavy atom. The number of likely N-dealkylation sites (tertiary alicyclic amines) is 1. The zero-order valence-corrected chi connectivity index (χ0v) is 11.3. The van der Waals surface area contributed by atoms with Crippen LogP contribution in [0.15, 0.2) is 0 Å². The molecule has 1 aliphatic heterocycles. The van der Waals surface area contributed by atoms with Crippen molar-refractivity contribution in [1.29, 1.82) is 0 Å². The SMILES string of the molecule is CCCC1CCN(C(=O)CCCCCCN)C1. The highest BCUT2D eigenvalue weighted by atomic mass is 16.2. The van der Waals surface area contributed by atoms with Crippen molar-refractivity contribution in [3.05, 3.63) is 0 Å². The van der Waals surface area contributed by atoms with Gasteiger partial charge in [0.05, 0.1) is 0 Å². The average molecular weight is 240 g/mol. The van der Waals surface area contributed by atoms with Gasteiger partial charge in [0.25, 0.3) is 0 Å². The third kappa shape index (κ3) is 5.53. The molecule has 0 aromatic carbocycles. The van der Waals surface area contributed by atoms with Crippen LogP contribution in [-0.4, -0.2) is 30.4 Å². The fraction of sp³-hybridized carbons (Fsp3) is 0.929. The smallest absolute Gasteiger partial charge is 0.222 e. The van der Waals surface area contributed by atoms with Crippen LogP contribution in [0.1, 0.15) is 58.3 Å². The molecular formula is C14H28N2O. The van der Waals surface area contributed by atoms with Crippen molar-refractivity contribution in [2.75, 3.05) is 19.6 Å². The Morgan fingerprint density at radius 1 is 1.29 bits per heavy atom. The van der Waals surface area contributed by atoms with Gasteiger partial charge in [-0.05, 0) is 38.1 Å². The number of hydrogen-bond donors (Lipinski definition) is 1. The number of nitrogens with zero attached hydrogens (tertiary/aromatic N) is 1. The molecule has 1 fully saturated rings. The molecule has 17 heavy (non-hydrogen) atoms. The van der Waals surface area contributed by atoms with Crippen LogP contribution in [0.25, 0.3) is 0 Å². The molecule has 0 aromatic rings. The molecule has 3 heteroatoms. The van der Waals surface area contributed by atoms with Crippen molar-refractivity contribution in [3.63, 3.8) is 0 Å². The fourth-order valence-electron chi connectivity index (χ4n) is 2.64. The van der Waals surface area contributed by atoms with Crippen LogP contribution in [0.3, 0.4) is 0 Å². The maximum Gasteiger partial charge on any atom is 0.222 e. The molecule has 0 aromatic heterocycles. The van der Waals surface area contributed by atoms with Crippen molar-refractivity contribution in [2.24, 2.45) is 11.7 Å². The first-order valence-electron chi connectivity index (χ1n) is 7.25. The van der Waals surface area contributed by atoms with E-state index in [2.05, 4.69) is 11.8 Å². The van der Waals surface area contributed by atoms with Crippen LogP contribution in [0.2, 0.25) is 0 Å². The second kappa shape index (κ2) is 8.51. The van der Waals surface area contributed by atoms with E-state index in [-0.39, 0.29) is 0 Å². The summed E-state index contributed by atoms with van der Waals surface area (Å²) >= 11 is 0. The van der Waals surface area contributed by atoms with Crippen molar-refractivity contribution in [1.82, 2.24) is 4.90 Å². The van der Waals surface area contributed by atoms with Gasteiger partial charge in [-0.1, -0.05) is 26.2 Å². The van der Waals surface area contributed by atoms with E-state index in [1.165, 1.54) is 25.7 Å². The van der Waals surface area contributed by atoms with Crippen molar-refractivity contribution in [3.8, 4) is 0 Å². The van der Waals surface area contributed by atoms with Crippen LogP contribution < -0.4 is 5.73 Å². The summed E-state index contributed by atoms with van der Waals surface area (Å²) in [6.45, 7) is 5.00. The van der Waals surface area contributed by atoms with Gasteiger partial charge in [-0.2, -0.15) is 0 Å². The van der Waals surface area contributed by atoms with Crippen LogP contribution in [0, 0.1) is 5.92 Å². The van der Waals surface area contributed by atoms with Gasteiger partial charge < -0.3 is 10.6 Å². The minimum Gasteiger partial charge on any atom is -0.342 e. The van der Waals surface area contributed by atoms with Gasteiger partial charge in [0.2, 0.25) is 5.91 Å². The summed E-state index contributed by atoms with van der Waals surface area (Å²) < 4.78 is 0. The van der Waals surface area contributed by atoms with Gasteiger partial charge >= 0.3 is 0 Å². The number of carbonyl (C=O) groups excluding carboxylic acids is 1. The molecule has 3 nitrogen and oxygen atoms in total. The first-order chi connectivity index (χ1) is 8.27. The number of hydrogen-bond acceptors (Lipinski definition) is 2. The van der Waals surface area contributed by atoms with E-state index < -0.39 is 0 Å². The van der Waals surface area contributed by atoms with Crippen LogP contribution in [0.5, 0.6) is 0 Å².